The summed E-state index contributed by atoms with van der Waals surface area (Å²) in [5, 5.41) is 12.8. The van der Waals surface area contributed by atoms with E-state index in [4.69, 9.17) is 10.00 Å². The first-order chi connectivity index (χ1) is 15.0. The standard InChI is InChI=1S/C20H14F5N5O2/c1-19(22)9-14(32-13-3-5-27-12(7-13)10-26)8-15(21)17(19)30-18(31)29-16-6-11(2-4-28-16)20(23,24)25/h2-8H,9H2,1H3,(H2,28,29,30,31). The topological polar surface area (TPSA) is 99.9 Å². The molecule has 2 aromatic heterocycles. The first-order valence-corrected chi connectivity index (χ1v) is 8.93. The van der Waals surface area contributed by atoms with Crippen LogP contribution in [0.15, 0.2) is 60.0 Å². The number of urea groups is 1. The van der Waals surface area contributed by atoms with Crippen LogP contribution in [-0.2, 0) is 6.18 Å². The fraction of sp³-hybridized carbons (Fsp3) is 0.200. The van der Waals surface area contributed by atoms with Crippen LogP contribution >= 0.6 is 0 Å². The van der Waals surface area contributed by atoms with E-state index in [1.807, 2.05) is 10.6 Å². The molecule has 12 heteroatoms. The van der Waals surface area contributed by atoms with Gasteiger partial charge in [0.1, 0.15) is 34.9 Å². The van der Waals surface area contributed by atoms with E-state index in [0.717, 1.165) is 19.2 Å². The van der Waals surface area contributed by atoms with Crippen LogP contribution in [0.1, 0.15) is 24.6 Å². The van der Waals surface area contributed by atoms with Crippen LogP contribution in [0.3, 0.4) is 0 Å². The van der Waals surface area contributed by atoms with E-state index in [1.165, 1.54) is 18.3 Å². The zero-order chi connectivity index (χ0) is 23.5. The lowest BCUT2D eigenvalue weighted by molar-refractivity contribution is -0.137. The average molecular weight is 451 g/mol. The van der Waals surface area contributed by atoms with Crippen LogP contribution in [-0.4, -0.2) is 21.7 Å². The van der Waals surface area contributed by atoms with Crippen molar-refractivity contribution in [2.24, 2.45) is 0 Å². The van der Waals surface area contributed by atoms with Crippen LogP contribution in [0.2, 0.25) is 0 Å². The van der Waals surface area contributed by atoms with Crippen LogP contribution in [0.25, 0.3) is 0 Å². The highest BCUT2D eigenvalue weighted by Crippen LogP contribution is 2.36. The van der Waals surface area contributed by atoms with E-state index in [9.17, 15) is 22.4 Å². The maximum atomic E-state index is 15.1. The third-order valence-corrected chi connectivity index (χ3v) is 4.22. The molecule has 0 radical (unpaired) electrons. The van der Waals surface area contributed by atoms with Gasteiger partial charge < -0.3 is 10.1 Å². The maximum absolute atomic E-state index is 15.1. The predicted octanol–water partition coefficient (Wildman–Crippen LogP) is 4.76. The summed E-state index contributed by atoms with van der Waals surface area (Å²) in [6.07, 6.45) is -2.15. The van der Waals surface area contributed by atoms with Crippen molar-refractivity contribution in [3.8, 4) is 11.8 Å². The Morgan fingerprint density at radius 3 is 2.59 bits per heavy atom. The monoisotopic (exact) mass is 451 g/mol. The van der Waals surface area contributed by atoms with Crippen molar-refractivity contribution in [1.82, 2.24) is 15.3 Å². The third-order valence-electron chi connectivity index (χ3n) is 4.22. The summed E-state index contributed by atoms with van der Waals surface area (Å²) in [4.78, 5) is 19.4. The second-order valence-electron chi connectivity index (χ2n) is 6.81. The highest BCUT2D eigenvalue weighted by Gasteiger charge is 2.38. The maximum Gasteiger partial charge on any atom is 0.416 e. The lowest BCUT2D eigenvalue weighted by Crippen LogP contribution is -2.40. The molecule has 166 valence electrons. The molecule has 1 aliphatic rings. The third kappa shape index (κ3) is 5.37. The van der Waals surface area contributed by atoms with E-state index >= 15 is 4.39 Å². The number of nitrogens with zero attached hydrogens (tertiary/aromatic N) is 3. The number of allylic oxidation sites excluding steroid dienone is 4. The normalized spacial score (nSPS) is 18.5. The number of anilines is 1. The van der Waals surface area contributed by atoms with Gasteiger partial charge in [0.2, 0.25) is 0 Å². The van der Waals surface area contributed by atoms with Crippen LogP contribution < -0.4 is 15.4 Å². The van der Waals surface area contributed by atoms with E-state index < -0.39 is 47.2 Å². The Labute approximate surface area is 178 Å². The predicted molar refractivity (Wildman–Crippen MR) is 101 cm³/mol. The minimum absolute atomic E-state index is 0.0418. The molecule has 2 heterocycles. The molecule has 3 rings (SSSR count). The van der Waals surface area contributed by atoms with Gasteiger partial charge in [0.25, 0.3) is 0 Å². The Morgan fingerprint density at radius 1 is 1.22 bits per heavy atom. The van der Waals surface area contributed by atoms with E-state index in [2.05, 4.69) is 9.97 Å². The molecule has 0 fully saturated rings. The molecule has 0 aliphatic heterocycles. The van der Waals surface area contributed by atoms with Gasteiger partial charge in [-0.25, -0.2) is 23.5 Å². The van der Waals surface area contributed by atoms with Crippen molar-refractivity contribution in [2.75, 3.05) is 5.32 Å². The number of ether oxygens (including phenoxy) is 1. The first-order valence-electron chi connectivity index (χ1n) is 8.93. The molecular formula is C20H14F5N5O2. The van der Waals surface area contributed by atoms with Crippen molar-refractivity contribution in [2.45, 2.75) is 25.2 Å². The highest BCUT2D eigenvalue weighted by molar-refractivity contribution is 5.89. The summed E-state index contributed by atoms with van der Waals surface area (Å²) in [5.74, 6) is -1.59. The zero-order valence-corrected chi connectivity index (χ0v) is 16.3. The number of rotatable bonds is 4. The lowest BCUT2D eigenvalue weighted by Gasteiger charge is -2.29. The smallest absolute Gasteiger partial charge is 0.416 e. The quantitative estimate of drug-likeness (QED) is 0.653. The number of carbonyl (C=O) groups is 1. The van der Waals surface area contributed by atoms with Gasteiger partial charge in [-0.2, -0.15) is 18.4 Å². The van der Waals surface area contributed by atoms with Crippen molar-refractivity contribution in [3.63, 3.8) is 0 Å². The Kier molecular flexibility index (Phi) is 6.11. The molecule has 0 bridgehead atoms. The number of aromatic nitrogens is 2. The Bertz CT molecular complexity index is 1150. The van der Waals surface area contributed by atoms with E-state index in [0.29, 0.717) is 12.1 Å². The average Bonchev–Trinajstić information content (AvgIpc) is 2.70. The Balaban J connectivity index is 1.76. The number of nitriles is 1. The molecule has 2 aromatic rings. The summed E-state index contributed by atoms with van der Waals surface area (Å²) in [6.45, 7) is 0.994. The number of amides is 2. The number of pyridine rings is 2. The summed E-state index contributed by atoms with van der Waals surface area (Å²) in [5.41, 5.74) is -4.17. The molecule has 1 unspecified atom stereocenters. The van der Waals surface area contributed by atoms with Gasteiger partial charge in [-0.1, -0.05) is 0 Å². The summed E-state index contributed by atoms with van der Waals surface area (Å²) in [7, 11) is 0. The van der Waals surface area contributed by atoms with E-state index in [-0.39, 0.29) is 17.2 Å². The molecule has 2 amide bonds. The van der Waals surface area contributed by atoms with Gasteiger partial charge in [0.15, 0.2) is 5.67 Å². The SMILES string of the molecule is CC1(F)CC(Oc2ccnc(C#N)c2)=CC(F)=C1NC(=O)Nc1cc(C(F)(F)F)ccn1. The fourth-order valence-electron chi connectivity index (χ4n) is 2.81. The number of nitrogens with one attached hydrogen (secondary N) is 2. The number of alkyl halides is 4. The van der Waals surface area contributed by atoms with Crippen molar-refractivity contribution in [3.05, 3.63) is 71.3 Å². The van der Waals surface area contributed by atoms with E-state index in [1.54, 1.807) is 6.07 Å². The van der Waals surface area contributed by atoms with Gasteiger partial charge in [-0.15, -0.1) is 0 Å². The van der Waals surface area contributed by atoms with Gasteiger partial charge in [-0.3, -0.25) is 5.32 Å². The second-order valence-corrected chi connectivity index (χ2v) is 6.81. The number of carbonyl (C=O) groups excluding carboxylic acids is 1. The molecule has 1 atom stereocenters. The van der Waals surface area contributed by atoms with Gasteiger partial charge >= 0.3 is 12.2 Å². The minimum Gasteiger partial charge on any atom is -0.461 e. The van der Waals surface area contributed by atoms with Crippen LogP contribution in [0.5, 0.6) is 5.75 Å². The van der Waals surface area contributed by atoms with Gasteiger partial charge in [0, 0.05) is 31.0 Å². The molecule has 2 N–H and O–H groups in total. The summed E-state index contributed by atoms with van der Waals surface area (Å²) >= 11 is 0. The summed E-state index contributed by atoms with van der Waals surface area (Å²) in [6, 6.07) is 4.57. The number of hydrogen-bond donors (Lipinski definition) is 2. The fourth-order valence-corrected chi connectivity index (χ4v) is 2.81. The molecule has 0 saturated heterocycles. The Hall–Kier alpha value is -4.01. The molecule has 1 aliphatic carbocycles. The second kappa shape index (κ2) is 8.62. The van der Waals surface area contributed by atoms with Gasteiger partial charge in [-0.05, 0) is 25.1 Å². The minimum atomic E-state index is -4.66. The van der Waals surface area contributed by atoms with Crippen molar-refractivity contribution >= 4 is 11.8 Å². The van der Waals surface area contributed by atoms with Crippen molar-refractivity contribution in [1.29, 1.82) is 5.26 Å². The molecule has 0 spiro atoms. The van der Waals surface area contributed by atoms with Crippen LogP contribution in [0, 0.1) is 11.3 Å². The summed E-state index contributed by atoms with van der Waals surface area (Å²) < 4.78 is 73.4. The van der Waals surface area contributed by atoms with Crippen molar-refractivity contribution < 1.29 is 31.5 Å². The number of halogens is 5. The number of hydrogen-bond acceptors (Lipinski definition) is 5. The molecule has 32 heavy (non-hydrogen) atoms. The molecular weight excluding hydrogens is 437 g/mol. The van der Waals surface area contributed by atoms with Gasteiger partial charge in [0.05, 0.1) is 11.3 Å². The largest absolute Gasteiger partial charge is 0.461 e. The lowest BCUT2D eigenvalue weighted by atomic mass is 9.93. The molecule has 7 nitrogen and oxygen atoms in total. The molecule has 0 aromatic carbocycles. The highest BCUT2D eigenvalue weighted by atomic mass is 19.4. The first kappa shape index (κ1) is 22.7. The molecule has 0 saturated carbocycles. The van der Waals surface area contributed by atoms with Crippen LogP contribution in [0.4, 0.5) is 32.6 Å². The Morgan fingerprint density at radius 2 is 1.94 bits per heavy atom. The zero-order valence-electron chi connectivity index (χ0n) is 16.3.